The first kappa shape index (κ1) is 14.5. The highest BCUT2D eigenvalue weighted by molar-refractivity contribution is 7.94. The van der Waals surface area contributed by atoms with Gasteiger partial charge in [0.05, 0.1) is 22.1 Å². The summed E-state index contributed by atoms with van der Waals surface area (Å²) in [6.45, 7) is 0. The molecule has 2 rings (SSSR count). The number of hydrogen-bond acceptors (Lipinski definition) is 6. The first-order valence-electron chi connectivity index (χ1n) is 4.88. The number of benzene rings is 1. The van der Waals surface area contributed by atoms with E-state index in [-0.39, 0.29) is 16.9 Å². The Morgan fingerprint density at radius 3 is 2.58 bits per heavy atom. The molecular weight excluding hydrogens is 331 g/mol. The van der Waals surface area contributed by atoms with E-state index in [2.05, 4.69) is 15.2 Å². The molecule has 0 amide bonds. The lowest BCUT2D eigenvalue weighted by molar-refractivity contribution is 0.573. The Balaban J connectivity index is 2.53. The van der Waals surface area contributed by atoms with Crippen LogP contribution >= 0.6 is 46.8 Å². The van der Waals surface area contributed by atoms with Crippen LogP contribution in [0.15, 0.2) is 12.1 Å². The number of halogens is 3. The van der Waals surface area contributed by atoms with Gasteiger partial charge in [0, 0.05) is 16.8 Å². The van der Waals surface area contributed by atoms with Gasteiger partial charge in [-0.15, -0.1) is 5.10 Å². The molecule has 19 heavy (non-hydrogen) atoms. The maximum atomic E-state index is 6.10. The van der Waals surface area contributed by atoms with Crippen LogP contribution in [0.5, 0.6) is 6.01 Å². The fourth-order valence-corrected chi connectivity index (χ4v) is 2.26. The topological polar surface area (TPSA) is 73.9 Å². The van der Waals surface area contributed by atoms with Gasteiger partial charge in [-0.2, -0.15) is 4.98 Å². The Kier molecular flexibility index (Phi) is 4.57. The molecule has 0 bridgehead atoms. The maximum Gasteiger partial charge on any atom is 0.350 e. The summed E-state index contributed by atoms with van der Waals surface area (Å²) in [6, 6.07) is 3.18. The van der Waals surface area contributed by atoms with Crippen molar-refractivity contribution >= 4 is 52.7 Å². The number of rotatable bonds is 3. The van der Waals surface area contributed by atoms with E-state index in [1.807, 2.05) is 0 Å². The molecule has 0 aliphatic rings. The fourth-order valence-electron chi connectivity index (χ4n) is 1.35. The second-order valence-corrected chi connectivity index (χ2v) is 5.05. The average molecular weight is 338 g/mol. The average Bonchev–Trinajstić information content (AvgIpc) is 2.35. The van der Waals surface area contributed by atoms with Crippen molar-refractivity contribution in [2.45, 2.75) is 0 Å². The van der Waals surface area contributed by atoms with Crippen molar-refractivity contribution in [1.82, 2.24) is 15.2 Å². The summed E-state index contributed by atoms with van der Waals surface area (Å²) in [7, 11) is 0. The lowest BCUT2D eigenvalue weighted by Crippen LogP contribution is -2.02. The van der Waals surface area contributed by atoms with Crippen LogP contribution in [0.4, 0.5) is 5.82 Å². The number of aromatic nitrogens is 3. The van der Waals surface area contributed by atoms with Crippen LogP contribution in [0.2, 0.25) is 15.1 Å². The number of anilines is 1. The third kappa shape index (κ3) is 3.14. The van der Waals surface area contributed by atoms with Gasteiger partial charge >= 0.3 is 6.01 Å². The molecule has 1 aromatic heterocycles. The summed E-state index contributed by atoms with van der Waals surface area (Å²) in [5.74, 6) is 0.124. The van der Waals surface area contributed by atoms with Gasteiger partial charge in [-0.1, -0.05) is 39.9 Å². The van der Waals surface area contributed by atoms with Gasteiger partial charge in [-0.3, -0.25) is 0 Å². The third-order valence-corrected chi connectivity index (χ3v) is 3.44. The smallest absolute Gasteiger partial charge is 0.350 e. The van der Waals surface area contributed by atoms with Crippen LogP contribution in [0, 0.1) is 0 Å². The number of nitrogens with two attached hydrogens (primary N) is 1. The Hall–Kier alpha value is -0.950. The molecule has 0 aliphatic carbocycles. The molecule has 9 heteroatoms. The lowest BCUT2D eigenvalue weighted by Gasteiger charge is -2.08. The van der Waals surface area contributed by atoms with Crippen LogP contribution in [0.1, 0.15) is 0 Å². The van der Waals surface area contributed by atoms with Crippen molar-refractivity contribution < 1.29 is 4.18 Å². The molecule has 2 aromatic rings. The zero-order valence-electron chi connectivity index (χ0n) is 9.52. The summed E-state index contributed by atoms with van der Waals surface area (Å²) < 4.78 is 5.02. The number of hydrogen-bond donors (Lipinski definition) is 1. The van der Waals surface area contributed by atoms with E-state index in [0.717, 1.165) is 12.0 Å². The predicted octanol–water partition coefficient (Wildman–Crippen LogP) is 3.74. The van der Waals surface area contributed by atoms with E-state index < -0.39 is 0 Å². The zero-order valence-corrected chi connectivity index (χ0v) is 12.6. The molecule has 0 saturated heterocycles. The van der Waals surface area contributed by atoms with Gasteiger partial charge in [0.25, 0.3) is 0 Å². The van der Waals surface area contributed by atoms with Crippen molar-refractivity contribution in [2.24, 2.45) is 0 Å². The molecule has 1 aromatic carbocycles. The highest BCUT2D eigenvalue weighted by atomic mass is 35.5. The summed E-state index contributed by atoms with van der Waals surface area (Å²) in [4.78, 5) is 3.96. The molecule has 0 fully saturated rings. The molecule has 100 valence electrons. The molecule has 0 unspecified atom stereocenters. The van der Waals surface area contributed by atoms with Gasteiger partial charge < -0.3 is 9.92 Å². The van der Waals surface area contributed by atoms with Crippen molar-refractivity contribution in [3.8, 4) is 17.3 Å². The Bertz CT molecular complexity index is 626. The molecule has 0 saturated carbocycles. The van der Waals surface area contributed by atoms with Crippen LogP contribution in [0.3, 0.4) is 0 Å². The second kappa shape index (κ2) is 6.00. The Labute approximate surface area is 128 Å². The van der Waals surface area contributed by atoms with E-state index in [1.54, 1.807) is 12.3 Å². The Morgan fingerprint density at radius 2 is 1.95 bits per heavy atom. The molecule has 0 radical (unpaired) electrons. The van der Waals surface area contributed by atoms with Gasteiger partial charge in [0.2, 0.25) is 0 Å². The van der Waals surface area contributed by atoms with E-state index in [1.165, 1.54) is 6.07 Å². The minimum atomic E-state index is 0.0676. The molecule has 0 atom stereocenters. The summed E-state index contributed by atoms with van der Waals surface area (Å²) in [5.41, 5.74) is 6.56. The predicted molar refractivity (Wildman–Crippen MR) is 78.8 cm³/mol. The summed E-state index contributed by atoms with van der Waals surface area (Å²) >= 11 is 19.1. The Morgan fingerprint density at radius 1 is 1.21 bits per heavy atom. The summed E-state index contributed by atoms with van der Waals surface area (Å²) in [6.07, 6.45) is 1.72. The van der Waals surface area contributed by atoms with Crippen LogP contribution in [-0.2, 0) is 0 Å². The fraction of sp³-hybridized carbons (Fsp3) is 0.100. The largest absolute Gasteiger partial charge is 0.388 e. The van der Waals surface area contributed by atoms with E-state index in [4.69, 9.17) is 44.7 Å². The lowest BCUT2D eigenvalue weighted by atomic mass is 10.1. The van der Waals surface area contributed by atoms with E-state index in [0.29, 0.717) is 21.3 Å². The monoisotopic (exact) mass is 336 g/mol. The minimum absolute atomic E-state index is 0.0676. The quantitative estimate of drug-likeness (QED) is 0.679. The normalized spacial score (nSPS) is 10.5. The highest BCUT2D eigenvalue weighted by Gasteiger charge is 2.15. The summed E-state index contributed by atoms with van der Waals surface area (Å²) in [5, 5.41) is 8.71. The molecule has 5 nitrogen and oxygen atoms in total. The molecule has 1 heterocycles. The molecule has 0 spiro atoms. The zero-order chi connectivity index (χ0) is 14.0. The van der Waals surface area contributed by atoms with Gasteiger partial charge in [0.1, 0.15) is 5.69 Å². The van der Waals surface area contributed by atoms with Crippen molar-refractivity contribution in [2.75, 3.05) is 12.0 Å². The van der Waals surface area contributed by atoms with Gasteiger partial charge in [-0.05, 0) is 12.1 Å². The third-order valence-electron chi connectivity index (χ3n) is 2.10. The van der Waals surface area contributed by atoms with Crippen LogP contribution in [0.25, 0.3) is 11.3 Å². The second-order valence-electron chi connectivity index (χ2n) is 3.33. The number of nitrogens with zero attached hydrogens (tertiary/aromatic N) is 3. The van der Waals surface area contributed by atoms with Gasteiger partial charge in [0.15, 0.2) is 5.82 Å². The van der Waals surface area contributed by atoms with Crippen LogP contribution in [-0.4, -0.2) is 21.4 Å². The first-order valence-corrected chi connectivity index (χ1v) is 7.17. The van der Waals surface area contributed by atoms with Gasteiger partial charge in [-0.25, -0.2) is 0 Å². The van der Waals surface area contributed by atoms with E-state index >= 15 is 0 Å². The molecule has 2 N–H and O–H groups in total. The standard InChI is InChI=1S/C10H7Cl3N4OS/c1-19-18-10-15-9(14)8(16-17-10)5-2-4(11)3-6(12)7(5)13/h2-3H,1H3,(H2,14,15,17). The number of nitrogen functional groups attached to an aromatic ring is 1. The van der Waals surface area contributed by atoms with Crippen LogP contribution < -0.4 is 9.92 Å². The van der Waals surface area contributed by atoms with Crippen molar-refractivity contribution in [3.05, 3.63) is 27.2 Å². The van der Waals surface area contributed by atoms with E-state index in [9.17, 15) is 0 Å². The SMILES string of the molecule is CSOc1nnc(-c2cc(Cl)cc(Cl)c2Cl)c(N)n1. The van der Waals surface area contributed by atoms with Crippen molar-refractivity contribution in [1.29, 1.82) is 0 Å². The minimum Gasteiger partial charge on any atom is -0.388 e. The highest BCUT2D eigenvalue weighted by Crippen LogP contribution is 2.37. The molecule has 0 aliphatic heterocycles. The maximum absolute atomic E-state index is 6.10. The first-order chi connectivity index (χ1) is 9.02. The van der Waals surface area contributed by atoms with Crippen molar-refractivity contribution in [3.63, 3.8) is 0 Å². The molecular formula is C10H7Cl3N4OS.